The van der Waals surface area contributed by atoms with Crippen molar-refractivity contribution < 1.29 is 4.74 Å². The van der Waals surface area contributed by atoms with E-state index in [1.807, 2.05) is 0 Å². The van der Waals surface area contributed by atoms with Crippen molar-refractivity contribution in [2.24, 2.45) is 5.92 Å². The molecule has 0 atom stereocenters. The van der Waals surface area contributed by atoms with Crippen molar-refractivity contribution in [3.8, 4) is 0 Å². The van der Waals surface area contributed by atoms with Crippen LogP contribution < -0.4 is 0 Å². The molecule has 0 aromatic heterocycles. The lowest BCUT2D eigenvalue weighted by molar-refractivity contribution is 0.125. The highest BCUT2D eigenvalue weighted by molar-refractivity contribution is 4.51. The van der Waals surface area contributed by atoms with E-state index < -0.39 is 0 Å². The van der Waals surface area contributed by atoms with Crippen LogP contribution in [-0.4, -0.2) is 13.2 Å². The fraction of sp³-hybridized carbons (Fsp3) is 0.967. The van der Waals surface area contributed by atoms with Gasteiger partial charge in [-0.15, -0.1) is 0 Å². The molecule has 0 N–H and O–H groups in total. The molecule has 0 bridgehead atoms. The van der Waals surface area contributed by atoms with Crippen molar-refractivity contribution in [2.75, 3.05) is 13.2 Å². The molecule has 187 valence electrons. The topological polar surface area (TPSA) is 9.23 Å². The van der Waals surface area contributed by atoms with Crippen LogP contribution in [0.15, 0.2) is 0 Å². The Labute approximate surface area is 198 Å². The van der Waals surface area contributed by atoms with E-state index in [1.54, 1.807) is 0 Å². The SMILES string of the molecule is [CH2]CCCCCCCCCCCCCCCCCOCCCCCCCCCC(C)C. The summed E-state index contributed by atoms with van der Waals surface area (Å²) in [6.07, 6.45) is 33.6. The Bertz CT molecular complexity index is 299. The van der Waals surface area contributed by atoms with Gasteiger partial charge in [0.1, 0.15) is 0 Å². The Kier molecular flexibility index (Phi) is 28.0. The molecule has 0 heterocycles. The van der Waals surface area contributed by atoms with Gasteiger partial charge in [-0.3, -0.25) is 0 Å². The smallest absolute Gasteiger partial charge is 0.0466 e. The average molecular weight is 438 g/mol. The summed E-state index contributed by atoms with van der Waals surface area (Å²) in [5, 5.41) is 0. The highest BCUT2D eigenvalue weighted by Crippen LogP contribution is 2.14. The first-order valence-corrected chi connectivity index (χ1v) is 14.6. The third-order valence-electron chi connectivity index (χ3n) is 6.61. The third kappa shape index (κ3) is 30.0. The minimum Gasteiger partial charge on any atom is -0.381 e. The van der Waals surface area contributed by atoms with Gasteiger partial charge in [0.25, 0.3) is 0 Å². The molecule has 0 aliphatic rings. The van der Waals surface area contributed by atoms with E-state index in [4.69, 9.17) is 4.74 Å². The van der Waals surface area contributed by atoms with Crippen molar-refractivity contribution in [1.29, 1.82) is 0 Å². The maximum absolute atomic E-state index is 5.82. The second-order valence-corrected chi connectivity index (χ2v) is 10.4. The lowest BCUT2D eigenvalue weighted by atomic mass is 10.0. The molecule has 31 heavy (non-hydrogen) atoms. The van der Waals surface area contributed by atoms with E-state index in [2.05, 4.69) is 20.8 Å². The van der Waals surface area contributed by atoms with Gasteiger partial charge < -0.3 is 4.74 Å². The Balaban J connectivity index is 2.99. The van der Waals surface area contributed by atoms with Crippen LogP contribution in [0, 0.1) is 12.8 Å². The van der Waals surface area contributed by atoms with Gasteiger partial charge >= 0.3 is 0 Å². The summed E-state index contributed by atoms with van der Waals surface area (Å²) in [6, 6.07) is 0. The lowest BCUT2D eigenvalue weighted by Crippen LogP contribution is -1.97. The van der Waals surface area contributed by atoms with E-state index in [1.165, 1.54) is 148 Å². The van der Waals surface area contributed by atoms with Crippen LogP contribution in [0.25, 0.3) is 0 Å². The molecule has 1 heteroatoms. The second kappa shape index (κ2) is 28.0. The first kappa shape index (κ1) is 31.0. The quantitative estimate of drug-likeness (QED) is 0.116. The highest BCUT2D eigenvalue weighted by atomic mass is 16.5. The first-order valence-electron chi connectivity index (χ1n) is 14.6. The van der Waals surface area contributed by atoms with Crippen LogP contribution in [0.3, 0.4) is 0 Å². The molecule has 0 saturated heterocycles. The zero-order valence-electron chi connectivity index (χ0n) is 22.1. The van der Waals surface area contributed by atoms with Gasteiger partial charge in [0, 0.05) is 13.2 Å². The van der Waals surface area contributed by atoms with Gasteiger partial charge in [0.15, 0.2) is 0 Å². The molecule has 0 aromatic rings. The molecular formula is C30H61O. The predicted octanol–water partition coefficient (Wildman–Crippen LogP) is 10.9. The van der Waals surface area contributed by atoms with Crippen molar-refractivity contribution in [3.63, 3.8) is 0 Å². The van der Waals surface area contributed by atoms with E-state index in [0.29, 0.717) is 0 Å². The summed E-state index contributed by atoms with van der Waals surface area (Å²) in [6.45, 7) is 10.6. The average Bonchev–Trinajstić information content (AvgIpc) is 2.76. The minimum absolute atomic E-state index is 0.880. The standard InChI is InChI=1S/C30H61O/c1-4-5-6-7-8-9-10-11-12-13-14-15-16-19-22-25-28-31-29-26-23-20-17-18-21-24-27-30(2)3/h30H,1,4-29H2,2-3H3. The van der Waals surface area contributed by atoms with Crippen molar-refractivity contribution in [1.82, 2.24) is 0 Å². The van der Waals surface area contributed by atoms with Gasteiger partial charge in [-0.05, 0) is 18.8 Å². The van der Waals surface area contributed by atoms with E-state index in [-0.39, 0.29) is 0 Å². The minimum atomic E-state index is 0.880. The molecule has 0 aliphatic carbocycles. The van der Waals surface area contributed by atoms with Crippen LogP contribution in [0.2, 0.25) is 0 Å². The predicted molar refractivity (Wildman–Crippen MR) is 142 cm³/mol. The first-order chi connectivity index (χ1) is 15.3. The van der Waals surface area contributed by atoms with Gasteiger partial charge in [-0.2, -0.15) is 0 Å². The lowest BCUT2D eigenvalue weighted by Gasteiger charge is -2.06. The van der Waals surface area contributed by atoms with Crippen molar-refractivity contribution in [3.05, 3.63) is 6.92 Å². The summed E-state index contributed by atoms with van der Waals surface area (Å²) in [5.41, 5.74) is 0. The van der Waals surface area contributed by atoms with Crippen LogP contribution in [-0.2, 0) is 4.74 Å². The second-order valence-electron chi connectivity index (χ2n) is 10.4. The maximum Gasteiger partial charge on any atom is 0.0466 e. The molecule has 0 aromatic carbocycles. The summed E-state index contributed by atoms with van der Waals surface area (Å²) >= 11 is 0. The van der Waals surface area contributed by atoms with E-state index in [0.717, 1.165) is 25.6 Å². The van der Waals surface area contributed by atoms with Crippen LogP contribution in [0.1, 0.15) is 168 Å². The number of rotatable bonds is 27. The van der Waals surface area contributed by atoms with Gasteiger partial charge in [0.2, 0.25) is 0 Å². The molecule has 0 fully saturated rings. The third-order valence-corrected chi connectivity index (χ3v) is 6.61. The van der Waals surface area contributed by atoms with Crippen molar-refractivity contribution in [2.45, 2.75) is 168 Å². The Morgan fingerprint density at radius 2 is 0.710 bits per heavy atom. The fourth-order valence-corrected chi connectivity index (χ4v) is 4.42. The Hall–Kier alpha value is -0.0400. The monoisotopic (exact) mass is 437 g/mol. The zero-order valence-corrected chi connectivity index (χ0v) is 22.1. The Morgan fingerprint density at radius 3 is 1.03 bits per heavy atom. The van der Waals surface area contributed by atoms with Gasteiger partial charge in [-0.25, -0.2) is 0 Å². The largest absolute Gasteiger partial charge is 0.381 e. The molecule has 0 saturated carbocycles. The van der Waals surface area contributed by atoms with Crippen LogP contribution >= 0.6 is 0 Å². The molecule has 0 aliphatic heterocycles. The van der Waals surface area contributed by atoms with Gasteiger partial charge in [0.05, 0.1) is 0 Å². The molecule has 0 amide bonds. The van der Waals surface area contributed by atoms with Crippen LogP contribution in [0.5, 0.6) is 0 Å². The van der Waals surface area contributed by atoms with E-state index in [9.17, 15) is 0 Å². The molecule has 1 nitrogen and oxygen atoms in total. The number of unbranched alkanes of at least 4 members (excludes halogenated alkanes) is 21. The zero-order chi connectivity index (χ0) is 22.7. The number of ether oxygens (including phenoxy) is 1. The summed E-state index contributed by atoms with van der Waals surface area (Å²) in [7, 11) is 0. The molecule has 1 radical (unpaired) electrons. The maximum atomic E-state index is 5.82. The van der Waals surface area contributed by atoms with Crippen molar-refractivity contribution >= 4 is 0 Å². The van der Waals surface area contributed by atoms with E-state index >= 15 is 0 Å². The van der Waals surface area contributed by atoms with Gasteiger partial charge in [-0.1, -0.05) is 162 Å². The fourth-order valence-electron chi connectivity index (χ4n) is 4.42. The Morgan fingerprint density at radius 1 is 0.419 bits per heavy atom. The normalized spacial score (nSPS) is 11.6. The highest BCUT2D eigenvalue weighted by Gasteiger charge is 1.97. The molecule has 0 rings (SSSR count). The molecular weight excluding hydrogens is 376 g/mol. The summed E-state index contributed by atoms with van der Waals surface area (Å²) < 4.78 is 5.82. The summed E-state index contributed by atoms with van der Waals surface area (Å²) in [5.74, 6) is 0.880. The molecule has 0 unspecified atom stereocenters. The molecule has 0 spiro atoms. The number of hydrogen-bond acceptors (Lipinski definition) is 1. The summed E-state index contributed by atoms with van der Waals surface area (Å²) in [4.78, 5) is 0. The van der Waals surface area contributed by atoms with Crippen LogP contribution in [0.4, 0.5) is 0 Å². The number of hydrogen-bond donors (Lipinski definition) is 0.